The summed E-state index contributed by atoms with van der Waals surface area (Å²) in [6.45, 7) is 4.96. The number of imide groups is 1. The van der Waals surface area contributed by atoms with Crippen molar-refractivity contribution in [2.45, 2.75) is 96.1 Å². The number of rotatable bonds is 15. The van der Waals surface area contributed by atoms with Crippen molar-refractivity contribution in [2.24, 2.45) is 5.90 Å². The molecule has 1 aliphatic rings. The van der Waals surface area contributed by atoms with E-state index in [0.717, 1.165) is 44.9 Å². The van der Waals surface area contributed by atoms with E-state index in [1.165, 1.54) is 17.7 Å². The van der Waals surface area contributed by atoms with E-state index in [4.69, 9.17) is 5.90 Å². The molecule has 0 aliphatic carbocycles. The Kier molecular flexibility index (Phi) is 10.9. The first kappa shape index (κ1) is 23.9. The van der Waals surface area contributed by atoms with Crippen molar-refractivity contribution in [1.82, 2.24) is 9.80 Å². The van der Waals surface area contributed by atoms with E-state index in [0.29, 0.717) is 26.0 Å². The van der Waals surface area contributed by atoms with Crippen molar-refractivity contribution in [2.75, 3.05) is 20.2 Å². The van der Waals surface area contributed by atoms with Gasteiger partial charge in [0.25, 0.3) is 5.91 Å². The Morgan fingerprint density at radius 2 is 1.74 bits per heavy atom. The zero-order valence-electron chi connectivity index (χ0n) is 17.4. The van der Waals surface area contributed by atoms with Gasteiger partial charge < -0.3 is 14.8 Å². The van der Waals surface area contributed by atoms with Crippen molar-refractivity contribution in [1.29, 1.82) is 0 Å². The number of amides is 3. The summed E-state index contributed by atoms with van der Waals surface area (Å²) in [4.78, 5) is 32.3. The van der Waals surface area contributed by atoms with Crippen LogP contribution in [0, 0.1) is 0 Å². The second kappa shape index (κ2) is 12.3. The van der Waals surface area contributed by atoms with E-state index in [2.05, 4.69) is 11.8 Å². The van der Waals surface area contributed by atoms with Crippen LogP contribution < -0.4 is 5.90 Å². The Balaban J connectivity index is 2.48. The molecule has 27 heavy (non-hydrogen) atoms. The van der Waals surface area contributed by atoms with Crippen molar-refractivity contribution in [3.05, 3.63) is 0 Å². The molecule has 1 fully saturated rings. The summed E-state index contributed by atoms with van der Waals surface area (Å²) in [6.07, 6.45) is 10.1. The van der Waals surface area contributed by atoms with Crippen molar-refractivity contribution >= 4 is 11.9 Å². The highest BCUT2D eigenvalue weighted by Gasteiger charge is 2.42. The second-order valence-corrected chi connectivity index (χ2v) is 8.02. The standard InChI is InChI=1S/C20H39N3O4/c1-4-5-6-10-13-20(2,26)14-15-23-17(18(24)22(3)19(23)25)12-9-7-8-11-16-27-21/h17,26H,4-16,21H2,1-3H3. The maximum atomic E-state index is 12.4. The number of likely N-dealkylation sites (N-methyl/N-ethyl adjacent to an activating group) is 1. The molecule has 0 spiro atoms. The van der Waals surface area contributed by atoms with E-state index in [-0.39, 0.29) is 11.9 Å². The highest BCUT2D eigenvalue weighted by Crippen LogP contribution is 2.25. The molecule has 0 radical (unpaired) electrons. The average molecular weight is 386 g/mol. The lowest BCUT2D eigenvalue weighted by molar-refractivity contribution is -0.127. The fourth-order valence-corrected chi connectivity index (χ4v) is 3.60. The molecule has 158 valence electrons. The molecule has 1 aliphatic heterocycles. The molecule has 0 bridgehead atoms. The van der Waals surface area contributed by atoms with Gasteiger partial charge in [-0.05, 0) is 32.6 Å². The fraction of sp³-hybridized carbons (Fsp3) is 0.900. The zero-order valence-corrected chi connectivity index (χ0v) is 17.4. The Hall–Kier alpha value is -1.18. The summed E-state index contributed by atoms with van der Waals surface area (Å²) in [6, 6.07) is -0.646. The minimum Gasteiger partial charge on any atom is -0.390 e. The molecule has 2 unspecified atom stereocenters. The number of nitrogens with two attached hydrogens (primary N) is 1. The quantitative estimate of drug-likeness (QED) is 0.256. The van der Waals surface area contributed by atoms with Crippen LogP contribution in [0.5, 0.6) is 0 Å². The minimum absolute atomic E-state index is 0.132. The first-order chi connectivity index (χ1) is 12.8. The van der Waals surface area contributed by atoms with Gasteiger partial charge in [-0.3, -0.25) is 9.69 Å². The Labute approximate surface area is 164 Å². The number of unbranched alkanes of at least 4 members (excludes halogenated alkanes) is 6. The summed E-state index contributed by atoms with van der Waals surface area (Å²) in [5.74, 6) is 4.88. The maximum Gasteiger partial charge on any atom is 0.327 e. The Morgan fingerprint density at radius 1 is 1.07 bits per heavy atom. The summed E-state index contributed by atoms with van der Waals surface area (Å²) in [7, 11) is 1.54. The summed E-state index contributed by atoms with van der Waals surface area (Å²) >= 11 is 0. The molecular formula is C20H39N3O4. The van der Waals surface area contributed by atoms with Gasteiger partial charge in [-0.15, -0.1) is 0 Å². The molecule has 0 aromatic heterocycles. The van der Waals surface area contributed by atoms with Crippen LogP contribution in [0.2, 0.25) is 0 Å². The van der Waals surface area contributed by atoms with Crippen LogP contribution in [-0.2, 0) is 9.63 Å². The number of urea groups is 1. The van der Waals surface area contributed by atoms with Gasteiger partial charge in [0.05, 0.1) is 12.2 Å². The molecule has 7 heteroatoms. The number of carbonyl (C=O) groups excluding carboxylic acids is 2. The van der Waals surface area contributed by atoms with Crippen LogP contribution in [0.15, 0.2) is 0 Å². The second-order valence-electron chi connectivity index (χ2n) is 8.02. The van der Waals surface area contributed by atoms with Gasteiger partial charge in [0.2, 0.25) is 0 Å². The molecule has 7 nitrogen and oxygen atoms in total. The van der Waals surface area contributed by atoms with E-state index >= 15 is 0 Å². The molecule has 3 amide bonds. The average Bonchev–Trinajstić information content (AvgIpc) is 2.84. The van der Waals surface area contributed by atoms with Crippen LogP contribution in [0.25, 0.3) is 0 Å². The SMILES string of the molecule is CCCCCCC(C)(O)CCN1C(=O)N(C)C(=O)C1CCCCCCON. The molecule has 0 aromatic rings. The summed E-state index contributed by atoms with van der Waals surface area (Å²) in [5.41, 5.74) is -0.801. The number of carbonyl (C=O) groups is 2. The van der Waals surface area contributed by atoms with E-state index < -0.39 is 11.6 Å². The number of nitrogens with zero attached hydrogens (tertiary/aromatic N) is 2. The molecule has 2 atom stereocenters. The van der Waals surface area contributed by atoms with Gasteiger partial charge in [0, 0.05) is 13.6 Å². The van der Waals surface area contributed by atoms with E-state index in [1.54, 1.807) is 11.9 Å². The summed E-state index contributed by atoms with van der Waals surface area (Å²) < 4.78 is 0. The smallest absolute Gasteiger partial charge is 0.327 e. The Bertz CT molecular complexity index is 457. The van der Waals surface area contributed by atoms with Crippen molar-refractivity contribution in [3.8, 4) is 0 Å². The van der Waals surface area contributed by atoms with Gasteiger partial charge in [0.1, 0.15) is 6.04 Å². The van der Waals surface area contributed by atoms with Crippen LogP contribution >= 0.6 is 0 Å². The third kappa shape index (κ3) is 8.15. The van der Waals surface area contributed by atoms with Crippen LogP contribution in [-0.4, -0.2) is 58.7 Å². The molecule has 3 N–H and O–H groups in total. The molecule has 1 heterocycles. The lowest BCUT2D eigenvalue weighted by Crippen LogP contribution is -2.39. The van der Waals surface area contributed by atoms with Crippen LogP contribution in [0.1, 0.15) is 84.5 Å². The zero-order chi connectivity index (χ0) is 20.3. The fourth-order valence-electron chi connectivity index (χ4n) is 3.60. The lowest BCUT2D eigenvalue weighted by atomic mass is 9.94. The monoisotopic (exact) mass is 385 g/mol. The third-order valence-corrected chi connectivity index (χ3v) is 5.47. The molecule has 1 saturated heterocycles. The lowest BCUT2D eigenvalue weighted by Gasteiger charge is -2.28. The van der Waals surface area contributed by atoms with Crippen LogP contribution in [0.3, 0.4) is 0 Å². The maximum absolute atomic E-state index is 12.4. The molecule has 0 aromatic carbocycles. The van der Waals surface area contributed by atoms with Crippen molar-refractivity contribution in [3.63, 3.8) is 0 Å². The first-order valence-electron chi connectivity index (χ1n) is 10.5. The predicted octanol–water partition coefficient (Wildman–Crippen LogP) is 3.20. The van der Waals surface area contributed by atoms with Gasteiger partial charge >= 0.3 is 6.03 Å². The molecular weight excluding hydrogens is 346 g/mol. The first-order valence-corrected chi connectivity index (χ1v) is 10.5. The van der Waals surface area contributed by atoms with Crippen molar-refractivity contribution < 1.29 is 19.5 Å². The number of hydrogen-bond donors (Lipinski definition) is 2. The number of hydrogen-bond acceptors (Lipinski definition) is 5. The Morgan fingerprint density at radius 3 is 2.41 bits per heavy atom. The molecule has 1 rings (SSSR count). The van der Waals surface area contributed by atoms with Gasteiger partial charge in [-0.1, -0.05) is 51.9 Å². The van der Waals surface area contributed by atoms with E-state index in [1.807, 2.05) is 6.92 Å². The third-order valence-electron chi connectivity index (χ3n) is 5.47. The van der Waals surface area contributed by atoms with Gasteiger partial charge in [0.15, 0.2) is 0 Å². The largest absolute Gasteiger partial charge is 0.390 e. The highest BCUT2D eigenvalue weighted by atomic mass is 16.6. The summed E-state index contributed by atoms with van der Waals surface area (Å²) in [5, 5.41) is 10.6. The normalized spacial score (nSPS) is 19.8. The topological polar surface area (TPSA) is 96.1 Å². The molecule has 0 saturated carbocycles. The van der Waals surface area contributed by atoms with Gasteiger partial charge in [-0.25, -0.2) is 10.7 Å². The minimum atomic E-state index is -0.801. The van der Waals surface area contributed by atoms with Gasteiger partial charge in [-0.2, -0.15) is 0 Å². The van der Waals surface area contributed by atoms with Crippen LogP contribution in [0.4, 0.5) is 4.79 Å². The van der Waals surface area contributed by atoms with E-state index in [9.17, 15) is 14.7 Å². The number of aliphatic hydroxyl groups is 1. The highest BCUT2D eigenvalue weighted by molar-refractivity contribution is 6.03. The predicted molar refractivity (Wildman–Crippen MR) is 106 cm³/mol.